The van der Waals surface area contributed by atoms with Crippen LogP contribution in [0.3, 0.4) is 0 Å². The summed E-state index contributed by atoms with van der Waals surface area (Å²) < 4.78 is 0. The number of nitrogens with two attached hydrogens (primary N) is 1. The molecule has 0 aliphatic carbocycles. The van der Waals surface area contributed by atoms with Gasteiger partial charge in [0.2, 0.25) is 0 Å². The lowest BCUT2D eigenvalue weighted by atomic mass is 9.87. The number of aromatic hydroxyl groups is 1. The lowest BCUT2D eigenvalue weighted by Crippen LogP contribution is -2.38. The topological polar surface area (TPSA) is 49.5 Å². The molecule has 0 spiro atoms. The Bertz CT molecular complexity index is 658. The Balaban J connectivity index is 0.000000892. The maximum absolute atomic E-state index is 10.4. The molecule has 0 saturated carbocycles. The zero-order chi connectivity index (χ0) is 21.1. The van der Waals surface area contributed by atoms with Crippen molar-refractivity contribution in [3.63, 3.8) is 0 Å². The number of hydrogen-bond acceptors (Lipinski definition) is 3. The van der Waals surface area contributed by atoms with E-state index in [9.17, 15) is 5.11 Å². The number of hydrogen-bond donors (Lipinski definition) is 2. The van der Waals surface area contributed by atoms with E-state index in [1.165, 1.54) is 11.1 Å². The molecule has 2 aromatic rings. The largest absolute Gasteiger partial charge is 0.508 e. The van der Waals surface area contributed by atoms with Crippen LogP contribution >= 0.6 is 0 Å². The van der Waals surface area contributed by atoms with Crippen molar-refractivity contribution < 1.29 is 5.11 Å². The first-order chi connectivity index (χ1) is 13.3. The summed E-state index contributed by atoms with van der Waals surface area (Å²) in [5.41, 5.74) is 8.52. The van der Waals surface area contributed by atoms with Gasteiger partial charge in [0.25, 0.3) is 0 Å². The molecule has 28 heavy (non-hydrogen) atoms. The molecule has 0 saturated heterocycles. The molecular formula is C25H40N2O. The smallest absolute Gasteiger partial charge is 0.119 e. The second kappa shape index (κ2) is 12.6. The second-order valence-electron chi connectivity index (χ2n) is 8.03. The summed E-state index contributed by atoms with van der Waals surface area (Å²) in [6, 6.07) is 17.5. The van der Waals surface area contributed by atoms with Crippen LogP contribution in [-0.4, -0.2) is 35.2 Å². The zero-order valence-electron chi connectivity index (χ0n) is 18.7. The van der Waals surface area contributed by atoms with Crippen LogP contribution in [0, 0.1) is 6.92 Å². The van der Waals surface area contributed by atoms with E-state index in [2.05, 4.69) is 76.8 Å². The molecule has 0 aliphatic rings. The van der Waals surface area contributed by atoms with Gasteiger partial charge in [0.05, 0.1) is 0 Å². The highest BCUT2D eigenvalue weighted by molar-refractivity contribution is 5.43. The third-order valence-electron chi connectivity index (χ3n) is 5.05. The Morgan fingerprint density at radius 2 is 1.54 bits per heavy atom. The highest BCUT2D eigenvalue weighted by atomic mass is 16.3. The molecule has 0 fully saturated rings. The molecule has 3 heteroatoms. The number of rotatable bonds is 8. The van der Waals surface area contributed by atoms with E-state index in [-0.39, 0.29) is 5.92 Å². The molecule has 3 N–H and O–H groups in total. The van der Waals surface area contributed by atoms with Crippen LogP contribution in [0.25, 0.3) is 0 Å². The lowest BCUT2D eigenvalue weighted by Gasteiger charge is -2.32. The SMILES string of the molecule is CCCN.Cc1ccc(O)c(C(CCN(C(C)C)C(C)C)c2ccccc2)c1. The van der Waals surface area contributed by atoms with Gasteiger partial charge in [-0.3, -0.25) is 4.90 Å². The molecular weight excluding hydrogens is 344 g/mol. The first-order valence-electron chi connectivity index (χ1n) is 10.6. The van der Waals surface area contributed by atoms with Gasteiger partial charge in [-0.05, 0) is 72.2 Å². The Kier molecular flexibility index (Phi) is 10.9. The summed E-state index contributed by atoms with van der Waals surface area (Å²) in [7, 11) is 0. The average molecular weight is 385 g/mol. The predicted molar refractivity (Wildman–Crippen MR) is 122 cm³/mol. The molecule has 0 bridgehead atoms. The molecule has 2 aromatic carbocycles. The summed E-state index contributed by atoms with van der Waals surface area (Å²) in [5.74, 6) is 0.612. The first kappa shape index (κ1) is 24.2. The molecule has 0 aliphatic heterocycles. The number of nitrogens with zero attached hydrogens (tertiary/aromatic N) is 1. The summed E-state index contributed by atoms with van der Waals surface area (Å²) in [6.45, 7) is 15.0. The standard InChI is InChI=1S/C22H31NO.C3H9N/c1-16(2)23(17(3)4)14-13-20(19-9-7-6-8-10-19)21-15-18(5)11-12-22(21)24;1-2-3-4/h6-12,15-17,20,24H,13-14H2,1-5H3;2-4H2,1H3. The third kappa shape index (κ3) is 7.65. The van der Waals surface area contributed by atoms with Crippen LogP contribution in [0.5, 0.6) is 5.75 Å². The summed E-state index contributed by atoms with van der Waals surface area (Å²) in [6.07, 6.45) is 2.09. The van der Waals surface area contributed by atoms with Gasteiger partial charge in [0.15, 0.2) is 0 Å². The van der Waals surface area contributed by atoms with Gasteiger partial charge in [-0.1, -0.05) is 55.0 Å². The fourth-order valence-corrected chi connectivity index (χ4v) is 3.53. The van der Waals surface area contributed by atoms with Crippen molar-refractivity contribution in [2.45, 2.75) is 72.4 Å². The van der Waals surface area contributed by atoms with E-state index in [1.54, 1.807) is 0 Å². The van der Waals surface area contributed by atoms with Crippen LogP contribution in [0.1, 0.15) is 70.1 Å². The highest BCUT2D eigenvalue weighted by Crippen LogP contribution is 2.35. The van der Waals surface area contributed by atoms with Crippen LogP contribution in [0.4, 0.5) is 0 Å². The Hall–Kier alpha value is -1.84. The summed E-state index contributed by atoms with van der Waals surface area (Å²) >= 11 is 0. The van der Waals surface area contributed by atoms with Crippen molar-refractivity contribution in [3.8, 4) is 5.75 Å². The number of phenols is 1. The van der Waals surface area contributed by atoms with E-state index in [4.69, 9.17) is 5.73 Å². The van der Waals surface area contributed by atoms with Crippen molar-refractivity contribution in [3.05, 3.63) is 65.2 Å². The predicted octanol–water partition coefficient (Wildman–Crippen LogP) is 5.70. The van der Waals surface area contributed by atoms with Crippen LogP contribution in [0.2, 0.25) is 0 Å². The number of phenolic OH excluding ortho intramolecular Hbond substituents is 1. The second-order valence-corrected chi connectivity index (χ2v) is 8.03. The number of aryl methyl sites for hydroxylation is 1. The molecule has 1 unspecified atom stereocenters. The van der Waals surface area contributed by atoms with Gasteiger partial charge >= 0.3 is 0 Å². The Morgan fingerprint density at radius 3 is 2.04 bits per heavy atom. The molecule has 156 valence electrons. The van der Waals surface area contributed by atoms with Crippen LogP contribution in [0.15, 0.2) is 48.5 Å². The fourth-order valence-electron chi connectivity index (χ4n) is 3.53. The van der Waals surface area contributed by atoms with E-state index in [0.29, 0.717) is 17.8 Å². The van der Waals surface area contributed by atoms with Gasteiger partial charge in [-0.15, -0.1) is 0 Å². The van der Waals surface area contributed by atoms with Crippen molar-refractivity contribution in [1.82, 2.24) is 4.90 Å². The minimum atomic E-state index is 0.214. The van der Waals surface area contributed by atoms with Gasteiger partial charge in [0.1, 0.15) is 5.75 Å². The quantitative estimate of drug-likeness (QED) is 0.614. The van der Waals surface area contributed by atoms with Crippen molar-refractivity contribution >= 4 is 0 Å². The minimum Gasteiger partial charge on any atom is -0.508 e. The van der Waals surface area contributed by atoms with Gasteiger partial charge in [-0.2, -0.15) is 0 Å². The monoisotopic (exact) mass is 384 g/mol. The highest BCUT2D eigenvalue weighted by Gasteiger charge is 2.21. The van der Waals surface area contributed by atoms with E-state index < -0.39 is 0 Å². The minimum absolute atomic E-state index is 0.214. The average Bonchev–Trinajstić information content (AvgIpc) is 2.67. The van der Waals surface area contributed by atoms with Crippen LogP contribution < -0.4 is 5.73 Å². The van der Waals surface area contributed by atoms with E-state index >= 15 is 0 Å². The zero-order valence-corrected chi connectivity index (χ0v) is 18.7. The van der Waals surface area contributed by atoms with Crippen molar-refractivity contribution in [1.29, 1.82) is 0 Å². The number of benzene rings is 2. The summed E-state index contributed by atoms with van der Waals surface area (Å²) in [5, 5.41) is 10.4. The fraction of sp³-hybridized carbons (Fsp3) is 0.520. The van der Waals surface area contributed by atoms with Gasteiger partial charge in [0, 0.05) is 23.6 Å². The van der Waals surface area contributed by atoms with E-state index in [0.717, 1.165) is 31.5 Å². The van der Waals surface area contributed by atoms with Gasteiger partial charge in [-0.25, -0.2) is 0 Å². The molecule has 0 radical (unpaired) electrons. The molecule has 2 rings (SSSR count). The molecule has 1 atom stereocenters. The van der Waals surface area contributed by atoms with Crippen LogP contribution in [-0.2, 0) is 0 Å². The summed E-state index contributed by atoms with van der Waals surface area (Å²) in [4.78, 5) is 2.52. The molecule has 0 heterocycles. The normalized spacial score (nSPS) is 12.2. The Labute approximate surface area is 172 Å². The van der Waals surface area contributed by atoms with Crippen molar-refractivity contribution in [2.75, 3.05) is 13.1 Å². The molecule has 0 amide bonds. The molecule has 0 aromatic heterocycles. The maximum atomic E-state index is 10.4. The lowest BCUT2D eigenvalue weighted by molar-refractivity contribution is 0.170. The Morgan fingerprint density at radius 1 is 0.964 bits per heavy atom. The molecule has 3 nitrogen and oxygen atoms in total. The van der Waals surface area contributed by atoms with Gasteiger partial charge < -0.3 is 10.8 Å². The third-order valence-corrected chi connectivity index (χ3v) is 5.05. The first-order valence-corrected chi connectivity index (χ1v) is 10.6. The maximum Gasteiger partial charge on any atom is 0.119 e. The van der Waals surface area contributed by atoms with E-state index in [1.807, 2.05) is 18.2 Å². The van der Waals surface area contributed by atoms with Crippen molar-refractivity contribution in [2.24, 2.45) is 5.73 Å².